The van der Waals surface area contributed by atoms with Crippen molar-refractivity contribution >= 4 is 31.7 Å². The number of benzene rings is 2. The number of aryl methyl sites for hydroxylation is 1. The third kappa shape index (κ3) is 4.84. The van der Waals surface area contributed by atoms with Crippen LogP contribution in [0.5, 0.6) is 0 Å². The maximum absolute atomic E-state index is 12.3. The Morgan fingerprint density at radius 2 is 1.64 bits per heavy atom. The van der Waals surface area contributed by atoms with Crippen LogP contribution in [0.3, 0.4) is 0 Å². The van der Waals surface area contributed by atoms with Crippen molar-refractivity contribution in [1.29, 1.82) is 0 Å². The highest BCUT2D eigenvalue weighted by Crippen LogP contribution is 2.25. The second kappa shape index (κ2) is 7.89. The van der Waals surface area contributed by atoms with Gasteiger partial charge in [-0.25, -0.2) is 0 Å². The van der Waals surface area contributed by atoms with Crippen LogP contribution in [0.25, 0.3) is 0 Å². The Balaban J connectivity index is 1.52. The van der Waals surface area contributed by atoms with Gasteiger partial charge in [0.1, 0.15) is 0 Å². The smallest absolute Gasteiger partial charge is 0.296 e. The molecule has 0 atom stereocenters. The van der Waals surface area contributed by atoms with Crippen LogP contribution in [0.2, 0.25) is 0 Å². The molecule has 0 aliphatic carbocycles. The SMILES string of the molecule is Cc1ccc(S(=O)(=O)OCC2CCN(c3ccc(Br)cc3)CC2)cc1. The van der Waals surface area contributed by atoms with Gasteiger partial charge in [0.25, 0.3) is 10.1 Å². The lowest BCUT2D eigenvalue weighted by Crippen LogP contribution is -2.35. The van der Waals surface area contributed by atoms with E-state index in [2.05, 4.69) is 33.0 Å². The van der Waals surface area contributed by atoms with Crippen molar-refractivity contribution in [2.75, 3.05) is 24.6 Å². The van der Waals surface area contributed by atoms with Gasteiger partial charge in [0, 0.05) is 23.2 Å². The highest BCUT2D eigenvalue weighted by atomic mass is 79.9. The Morgan fingerprint density at radius 3 is 2.24 bits per heavy atom. The Kier molecular flexibility index (Phi) is 5.81. The zero-order chi connectivity index (χ0) is 17.9. The second-order valence-electron chi connectivity index (χ2n) is 6.46. The molecule has 1 fully saturated rings. The lowest BCUT2D eigenvalue weighted by Gasteiger charge is -2.33. The van der Waals surface area contributed by atoms with Crippen LogP contribution in [-0.4, -0.2) is 28.1 Å². The van der Waals surface area contributed by atoms with Crippen LogP contribution in [0.15, 0.2) is 57.9 Å². The Hall–Kier alpha value is -1.37. The summed E-state index contributed by atoms with van der Waals surface area (Å²) in [5.74, 6) is 0.270. The molecule has 6 heteroatoms. The molecule has 1 saturated heterocycles. The largest absolute Gasteiger partial charge is 0.372 e. The van der Waals surface area contributed by atoms with E-state index in [-0.39, 0.29) is 17.4 Å². The molecule has 0 saturated carbocycles. The first-order valence-corrected chi connectivity index (χ1v) is 10.6. The number of halogens is 1. The van der Waals surface area contributed by atoms with Crippen molar-refractivity contribution < 1.29 is 12.6 Å². The fraction of sp³-hybridized carbons (Fsp3) is 0.368. The zero-order valence-electron chi connectivity index (χ0n) is 14.2. The summed E-state index contributed by atoms with van der Waals surface area (Å²) in [4.78, 5) is 2.56. The van der Waals surface area contributed by atoms with Gasteiger partial charge in [0.2, 0.25) is 0 Å². The van der Waals surface area contributed by atoms with E-state index in [1.165, 1.54) is 5.69 Å². The summed E-state index contributed by atoms with van der Waals surface area (Å²) >= 11 is 3.45. The molecule has 0 bridgehead atoms. The lowest BCUT2D eigenvalue weighted by molar-refractivity contribution is 0.228. The number of nitrogens with zero attached hydrogens (tertiary/aromatic N) is 1. The summed E-state index contributed by atoms with van der Waals surface area (Å²) in [6.45, 7) is 4.02. The van der Waals surface area contributed by atoms with Gasteiger partial charge in [-0.3, -0.25) is 4.18 Å². The van der Waals surface area contributed by atoms with Crippen molar-refractivity contribution in [2.45, 2.75) is 24.7 Å². The van der Waals surface area contributed by atoms with Gasteiger partial charge in [-0.05, 0) is 62.1 Å². The first kappa shape index (κ1) is 18.4. The number of piperidine rings is 1. The van der Waals surface area contributed by atoms with E-state index < -0.39 is 10.1 Å². The molecular formula is C19H22BrNO3S. The minimum atomic E-state index is -3.67. The summed E-state index contributed by atoms with van der Waals surface area (Å²) in [5.41, 5.74) is 2.23. The van der Waals surface area contributed by atoms with E-state index in [0.29, 0.717) is 0 Å². The summed E-state index contributed by atoms with van der Waals surface area (Å²) in [6.07, 6.45) is 1.86. The monoisotopic (exact) mass is 423 g/mol. The maximum Gasteiger partial charge on any atom is 0.296 e. The molecule has 25 heavy (non-hydrogen) atoms. The van der Waals surface area contributed by atoms with Crippen LogP contribution in [0.1, 0.15) is 18.4 Å². The third-order valence-electron chi connectivity index (χ3n) is 4.57. The van der Waals surface area contributed by atoms with E-state index in [0.717, 1.165) is 36.0 Å². The molecule has 0 unspecified atom stereocenters. The maximum atomic E-state index is 12.3. The lowest BCUT2D eigenvalue weighted by atomic mass is 9.97. The van der Waals surface area contributed by atoms with Crippen molar-refractivity contribution in [3.8, 4) is 0 Å². The van der Waals surface area contributed by atoms with E-state index in [1.807, 2.05) is 19.1 Å². The molecule has 0 N–H and O–H groups in total. The van der Waals surface area contributed by atoms with Gasteiger partial charge in [-0.15, -0.1) is 0 Å². The third-order valence-corrected chi connectivity index (χ3v) is 6.40. The summed E-state index contributed by atoms with van der Waals surface area (Å²) < 4.78 is 30.9. The Morgan fingerprint density at radius 1 is 1.04 bits per heavy atom. The number of hydrogen-bond acceptors (Lipinski definition) is 4. The minimum absolute atomic E-state index is 0.227. The molecule has 0 spiro atoms. The molecule has 0 aromatic heterocycles. The molecule has 1 aliphatic rings. The second-order valence-corrected chi connectivity index (χ2v) is 8.99. The zero-order valence-corrected chi connectivity index (χ0v) is 16.6. The van der Waals surface area contributed by atoms with Crippen LogP contribution in [0, 0.1) is 12.8 Å². The molecule has 2 aromatic carbocycles. The summed E-state index contributed by atoms with van der Waals surface area (Å²) in [6, 6.07) is 15.0. The van der Waals surface area contributed by atoms with Gasteiger partial charge in [0.05, 0.1) is 11.5 Å². The fourth-order valence-electron chi connectivity index (χ4n) is 2.97. The Bertz CT molecular complexity index is 796. The van der Waals surface area contributed by atoms with Crippen LogP contribution in [-0.2, 0) is 14.3 Å². The van der Waals surface area contributed by atoms with Gasteiger partial charge in [-0.2, -0.15) is 8.42 Å². The molecular weight excluding hydrogens is 402 g/mol. The van der Waals surface area contributed by atoms with Gasteiger partial charge >= 0.3 is 0 Å². The van der Waals surface area contributed by atoms with E-state index in [9.17, 15) is 8.42 Å². The first-order chi connectivity index (χ1) is 11.9. The summed E-state index contributed by atoms with van der Waals surface area (Å²) in [7, 11) is -3.67. The molecule has 2 aromatic rings. The minimum Gasteiger partial charge on any atom is -0.372 e. The predicted octanol–water partition coefficient (Wildman–Crippen LogP) is 4.38. The van der Waals surface area contributed by atoms with E-state index >= 15 is 0 Å². The standard InChI is InChI=1S/C19H22BrNO3S/c1-15-2-8-19(9-3-15)25(22,23)24-14-16-10-12-21(13-11-16)18-6-4-17(20)5-7-18/h2-9,16H,10-14H2,1H3. The average molecular weight is 424 g/mol. The number of rotatable bonds is 5. The van der Waals surface area contributed by atoms with Crippen molar-refractivity contribution in [3.63, 3.8) is 0 Å². The van der Waals surface area contributed by atoms with Crippen LogP contribution >= 0.6 is 15.9 Å². The summed E-state index contributed by atoms with van der Waals surface area (Å²) in [5, 5.41) is 0. The molecule has 134 valence electrons. The molecule has 3 rings (SSSR count). The highest BCUT2D eigenvalue weighted by molar-refractivity contribution is 9.10. The number of hydrogen-bond donors (Lipinski definition) is 0. The van der Waals surface area contributed by atoms with Crippen LogP contribution in [0.4, 0.5) is 5.69 Å². The molecule has 0 amide bonds. The normalized spacial score (nSPS) is 16.2. The molecule has 0 radical (unpaired) electrons. The fourth-order valence-corrected chi connectivity index (χ4v) is 4.21. The first-order valence-electron chi connectivity index (χ1n) is 8.41. The molecule has 1 heterocycles. The van der Waals surface area contributed by atoms with Crippen LogP contribution < -0.4 is 4.90 Å². The van der Waals surface area contributed by atoms with Gasteiger partial charge in [0.15, 0.2) is 0 Å². The highest BCUT2D eigenvalue weighted by Gasteiger charge is 2.23. The molecule has 1 aliphatic heterocycles. The average Bonchev–Trinajstić information content (AvgIpc) is 2.62. The Labute approximate surface area is 158 Å². The van der Waals surface area contributed by atoms with E-state index in [1.54, 1.807) is 24.3 Å². The number of anilines is 1. The van der Waals surface area contributed by atoms with Gasteiger partial charge in [-0.1, -0.05) is 33.6 Å². The van der Waals surface area contributed by atoms with Crippen molar-refractivity contribution in [2.24, 2.45) is 5.92 Å². The van der Waals surface area contributed by atoms with Crippen molar-refractivity contribution in [1.82, 2.24) is 0 Å². The predicted molar refractivity (Wildman–Crippen MR) is 103 cm³/mol. The quantitative estimate of drug-likeness (QED) is 0.669. The topological polar surface area (TPSA) is 46.6 Å². The molecule has 4 nitrogen and oxygen atoms in total. The van der Waals surface area contributed by atoms with E-state index in [4.69, 9.17) is 4.18 Å². The van der Waals surface area contributed by atoms with Gasteiger partial charge < -0.3 is 4.90 Å². The van der Waals surface area contributed by atoms with Crippen molar-refractivity contribution in [3.05, 3.63) is 58.6 Å².